The highest BCUT2D eigenvalue weighted by atomic mass is 19.1. The van der Waals surface area contributed by atoms with Crippen LogP contribution in [0.15, 0.2) is 18.2 Å². The van der Waals surface area contributed by atoms with Crippen LogP contribution in [0.25, 0.3) is 0 Å². The largest absolute Gasteiger partial charge is 0.494 e. The van der Waals surface area contributed by atoms with E-state index in [0.29, 0.717) is 12.1 Å². The third-order valence-electron chi connectivity index (χ3n) is 3.80. The number of nitrogens with one attached hydrogen (secondary N) is 1. The molecule has 1 amide bonds. The first-order valence-corrected chi connectivity index (χ1v) is 7.55. The lowest BCUT2D eigenvalue weighted by Gasteiger charge is -2.26. The zero-order valence-electron chi connectivity index (χ0n) is 12.5. The molecule has 1 fully saturated rings. The summed E-state index contributed by atoms with van der Waals surface area (Å²) >= 11 is 0. The van der Waals surface area contributed by atoms with Gasteiger partial charge in [-0.1, -0.05) is 6.42 Å². The highest BCUT2D eigenvalue weighted by Crippen LogP contribution is 2.17. The highest BCUT2D eigenvalue weighted by Gasteiger charge is 2.11. The van der Waals surface area contributed by atoms with Gasteiger partial charge in [-0.3, -0.25) is 4.79 Å². The van der Waals surface area contributed by atoms with Crippen LogP contribution in [-0.4, -0.2) is 44.1 Å². The Hall–Kier alpha value is -1.62. The second-order valence-corrected chi connectivity index (χ2v) is 5.36. The number of ether oxygens (including phenoxy) is 1. The molecule has 1 N–H and O–H groups in total. The van der Waals surface area contributed by atoms with Crippen LogP contribution in [0.1, 0.15) is 36.0 Å². The summed E-state index contributed by atoms with van der Waals surface area (Å²) in [6.45, 7) is 3.95. The van der Waals surface area contributed by atoms with Gasteiger partial charge in [-0.15, -0.1) is 0 Å². The Morgan fingerprint density at radius 3 is 2.76 bits per heavy atom. The Labute approximate surface area is 125 Å². The maximum atomic E-state index is 13.5. The maximum absolute atomic E-state index is 13.5. The average Bonchev–Trinajstić information content (AvgIpc) is 2.52. The molecule has 0 radical (unpaired) electrons. The first-order chi connectivity index (χ1) is 10.2. The number of amides is 1. The molecular formula is C16H23FN2O2. The fourth-order valence-electron chi connectivity index (χ4n) is 2.60. The Bertz CT molecular complexity index is 473. The summed E-state index contributed by atoms with van der Waals surface area (Å²) < 4.78 is 18.4. The van der Waals surface area contributed by atoms with Gasteiger partial charge in [-0.05, 0) is 57.1 Å². The first kappa shape index (κ1) is 15.8. The van der Waals surface area contributed by atoms with Gasteiger partial charge in [0.1, 0.15) is 0 Å². The number of likely N-dealkylation sites (tertiary alicyclic amines) is 1. The van der Waals surface area contributed by atoms with Gasteiger partial charge < -0.3 is 15.0 Å². The van der Waals surface area contributed by atoms with Gasteiger partial charge in [-0.25, -0.2) is 4.39 Å². The monoisotopic (exact) mass is 294 g/mol. The fourth-order valence-corrected chi connectivity index (χ4v) is 2.60. The Kier molecular flexibility index (Phi) is 5.99. The van der Waals surface area contributed by atoms with Gasteiger partial charge in [0.05, 0.1) is 7.11 Å². The van der Waals surface area contributed by atoms with Gasteiger partial charge >= 0.3 is 0 Å². The smallest absolute Gasteiger partial charge is 0.251 e. The summed E-state index contributed by atoms with van der Waals surface area (Å²) in [6.07, 6.45) is 4.80. The Morgan fingerprint density at radius 1 is 1.33 bits per heavy atom. The number of nitrogens with zero attached hydrogens (tertiary/aromatic N) is 1. The lowest BCUT2D eigenvalue weighted by Crippen LogP contribution is -2.33. The normalized spacial score (nSPS) is 15.7. The van der Waals surface area contributed by atoms with Gasteiger partial charge in [0.25, 0.3) is 5.91 Å². The number of carbonyl (C=O) groups is 1. The van der Waals surface area contributed by atoms with E-state index in [4.69, 9.17) is 4.74 Å². The molecule has 0 unspecified atom stereocenters. The zero-order valence-corrected chi connectivity index (χ0v) is 12.5. The van der Waals surface area contributed by atoms with E-state index in [9.17, 15) is 9.18 Å². The molecule has 0 saturated carbocycles. The Morgan fingerprint density at radius 2 is 2.10 bits per heavy atom. The van der Waals surface area contributed by atoms with Crippen LogP contribution in [0.4, 0.5) is 4.39 Å². The van der Waals surface area contributed by atoms with Crippen molar-refractivity contribution in [2.75, 3.05) is 33.3 Å². The molecule has 1 aromatic rings. The van der Waals surface area contributed by atoms with Crippen LogP contribution >= 0.6 is 0 Å². The van der Waals surface area contributed by atoms with E-state index in [0.717, 1.165) is 26.1 Å². The third-order valence-corrected chi connectivity index (χ3v) is 3.80. The quantitative estimate of drug-likeness (QED) is 0.819. The second-order valence-electron chi connectivity index (χ2n) is 5.36. The first-order valence-electron chi connectivity index (χ1n) is 7.55. The fraction of sp³-hybridized carbons (Fsp3) is 0.562. The van der Waals surface area contributed by atoms with Crippen molar-refractivity contribution in [1.82, 2.24) is 10.2 Å². The minimum absolute atomic E-state index is 0.150. The predicted octanol–water partition coefficient (Wildman–Crippen LogP) is 2.44. The summed E-state index contributed by atoms with van der Waals surface area (Å²) in [5, 5.41) is 2.83. The van der Waals surface area contributed by atoms with E-state index in [-0.39, 0.29) is 11.7 Å². The summed E-state index contributed by atoms with van der Waals surface area (Å²) in [6, 6.07) is 4.25. The van der Waals surface area contributed by atoms with Crippen molar-refractivity contribution in [3.63, 3.8) is 0 Å². The number of hydrogen-bond donors (Lipinski definition) is 1. The molecule has 0 atom stereocenters. The number of carbonyl (C=O) groups excluding carboxylic acids is 1. The van der Waals surface area contributed by atoms with E-state index in [1.165, 1.54) is 38.5 Å². The van der Waals surface area contributed by atoms with Crippen LogP contribution in [0.2, 0.25) is 0 Å². The van der Waals surface area contributed by atoms with Crippen LogP contribution in [0.5, 0.6) is 5.75 Å². The van der Waals surface area contributed by atoms with Crippen LogP contribution in [0.3, 0.4) is 0 Å². The van der Waals surface area contributed by atoms with Crippen molar-refractivity contribution >= 4 is 5.91 Å². The molecule has 2 rings (SSSR count). The van der Waals surface area contributed by atoms with Crippen molar-refractivity contribution in [2.24, 2.45) is 0 Å². The molecule has 5 heteroatoms. The van der Waals surface area contributed by atoms with E-state index < -0.39 is 5.82 Å². The van der Waals surface area contributed by atoms with Crippen LogP contribution in [0, 0.1) is 5.82 Å². The van der Waals surface area contributed by atoms with Crippen LogP contribution in [-0.2, 0) is 0 Å². The zero-order chi connectivity index (χ0) is 15.1. The Balaban J connectivity index is 1.72. The number of methoxy groups -OCH3 is 1. The molecule has 0 aliphatic carbocycles. The lowest BCUT2D eigenvalue weighted by atomic mass is 10.1. The average molecular weight is 294 g/mol. The number of piperidine rings is 1. The molecule has 1 aromatic carbocycles. The van der Waals surface area contributed by atoms with Crippen molar-refractivity contribution < 1.29 is 13.9 Å². The second kappa shape index (κ2) is 7.98. The number of halogens is 1. The van der Waals surface area contributed by atoms with E-state index >= 15 is 0 Å². The maximum Gasteiger partial charge on any atom is 0.251 e. The van der Waals surface area contributed by atoms with Gasteiger partial charge in [0.2, 0.25) is 0 Å². The molecule has 0 spiro atoms. The summed E-state index contributed by atoms with van der Waals surface area (Å²) in [5.41, 5.74) is 0.325. The van der Waals surface area contributed by atoms with Crippen LogP contribution < -0.4 is 10.1 Å². The van der Waals surface area contributed by atoms with Gasteiger partial charge in [0, 0.05) is 12.1 Å². The predicted molar refractivity (Wildman–Crippen MR) is 80.2 cm³/mol. The third kappa shape index (κ3) is 4.70. The van der Waals surface area contributed by atoms with Gasteiger partial charge in [-0.2, -0.15) is 0 Å². The molecular weight excluding hydrogens is 271 g/mol. The number of hydrogen-bond acceptors (Lipinski definition) is 3. The lowest BCUT2D eigenvalue weighted by molar-refractivity contribution is 0.0950. The molecule has 1 aliphatic rings. The van der Waals surface area contributed by atoms with Crippen molar-refractivity contribution in [2.45, 2.75) is 25.7 Å². The topological polar surface area (TPSA) is 41.6 Å². The number of rotatable bonds is 6. The van der Waals surface area contributed by atoms with E-state index in [1.807, 2.05) is 0 Å². The molecule has 4 nitrogen and oxygen atoms in total. The van der Waals surface area contributed by atoms with E-state index in [1.54, 1.807) is 6.07 Å². The summed E-state index contributed by atoms with van der Waals surface area (Å²) in [4.78, 5) is 14.3. The van der Waals surface area contributed by atoms with Crippen molar-refractivity contribution in [3.05, 3.63) is 29.6 Å². The van der Waals surface area contributed by atoms with Gasteiger partial charge in [0.15, 0.2) is 11.6 Å². The molecule has 1 aliphatic heterocycles. The highest BCUT2D eigenvalue weighted by molar-refractivity contribution is 5.94. The molecule has 1 heterocycles. The molecule has 0 bridgehead atoms. The molecule has 1 saturated heterocycles. The van der Waals surface area contributed by atoms with Crippen molar-refractivity contribution in [1.29, 1.82) is 0 Å². The van der Waals surface area contributed by atoms with Crippen molar-refractivity contribution in [3.8, 4) is 5.75 Å². The molecule has 116 valence electrons. The molecule has 21 heavy (non-hydrogen) atoms. The minimum atomic E-state index is -0.515. The molecule has 0 aromatic heterocycles. The van der Waals surface area contributed by atoms with E-state index in [2.05, 4.69) is 10.2 Å². The minimum Gasteiger partial charge on any atom is -0.494 e. The standard InChI is InChI=1S/C16H23FN2O2/c1-21-15-7-6-13(12-14(15)17)16(20)18-8-5-11-19-9-3-2-4-10-19/h6-7,12H,2-5,8-11H2,1H3,(H,18,20). The summed E-state index contributed by atoms with van der Waals surface area (Å²) in [5.74, 6) is -0.606. The SMILES string of the molecule is COc1ccc(C(=O)NCCCN2CCCCC2)cc1F. The summed E-state index contributed by atoms with van der Waals surface area (Å²) in [7, 11) is 1.40. The number of benzene rings is 1.